The standard InChI is InChI=1S/C14H14ClNO2/c1-16-12-6-10(7-13(17)8-12)14(18)9-2-4-11(15)5-3-9/h2-8,14,16-18H,1H3. The molecule has 0 heterocycles. The molecule has 0 bridgehead atoms. The van der Waals surface area contributed by atoms with E-state index in [1.807, 2.05) is 0 Å². The van der Waals surface area contributed by atoms with E-state index in [0.717, 1.165) is 11.3 Å². The minimum atomic E-state index is -0.790. The second kappa shape index (κ2) is 5.29. The summed E-state index contributed by atoms with van der Waals surface area (Å²) in [4.78, 5) is 0. The van der Waals surface area contributed by atoms with Crippen molar-refractivity contribution in [2.45, 2.75) is 6.10 Å². The number of hydrogen-bond donors (Lipinski definition) is 3. The average molecular weight is 264 g/mol. The van der Waals surface area contributed by atoms with Crippen LogP contribution in [0.4, 0.5) is 5.69 Å². The largest absolute Gasteiger partial charge is 0.508 e. The number of benzene rings is 2. The van der Waals surface area contributed by atoms with Crippen molar-refractivity contribution in [3.63, 3.8) is 0 Å². The molecular weight excluding hydrogens is 250 g/mol. The minimum Gasteiger partial charge on any atom is -0.508 e. The molecule has 0 saturated heterocycles. The Bertz CT molecular complexity index is 540. The Labute approximate surface area is 111 Å². The van der Waals surface area contributed by atoms with Crippen LogP contribution >= 0.6 is 11.6 Å². The van der Waals surface area contributed by atoms with E-state index < -0.39 is 6.10 Å². The van der Waals surface area contributed by atoms with Crippen LogP contribution in [0.25, 0.3) is 0 Å². The first-order valence-electron chi connectivity index (χ1n) is 5.55. The maximum Gasteiger partial charge on any atom is 0.118 e. The second-order valence-electron chi connectivity index (χ2n) is 4.02. The normalized spacial score (nSPS) is 12.2. The maximum atomic E-state index is 10.2. The van der Waals surface area contributed by atoms with E-state index in [2.05, 4.69) is 5.32 Å². The number of nitrogens with one attached hydrogen (secondary N) is 1. The molecule has 18 heavy (non-hydrogen) atoms. The first-order valence-corrected chi connectivity index (χ1v) is 5.93. The van der Waals surface area contributed by atoms with Gasteiger partial charge in [-0.3, -0.25) is 0 Å². The molecule has 2 aromatic carbocycles. The lowest BCUT2D eigenvalue weighted by Crippen LogP contribution is -2.00. The van der Waals surface area contributed by atoms with Crippen molar-refractivity contribution < 1.29 is 10.2 Å². The van der Waals surface area contributed by atoms with E-state index in [9.17, 15) is 10.2 Å². The van der Waals surface area contributed by atoms with Crippen LogP contribution in [-0.2, 0) is 0 Å². The Kier molecular flexibility index (Phi) is 3.75. The van der Waals surface area contributed by atoms with E-state index >= 15 is 0 Å². The smallest absolute Gasteiger partial charge is 0.118 e. The van der Waals surface area contributed by atoms with Crippen LogP contribution in [0.2, 0.25) is 5.02 Å². The molecule has 4 heteroatoms. The fourth-order valence-electron chi connectivity index (χ4n) is 1.77. The number of rotatable bonds is 3. The predicted octanol–water partition coefficient (Wildman–Crippen LogP) is 3.17. The molecule has 0 radical (unpaired) electrons. The molecule has 0 aliphatic heterocycles. The minimum absolute atomic E-state index is 0.116. The highest BCUT2D eigenvalue weighted by Crippen LogP contribution is 2.28. The summed E-state index contributed by atoms with van der Waals surface area (Å²) in [5.74, 6) is 0.116. The Hall–Kier alpha value is -1.71. The van der Waals surface area contributed by atoms with Gasteiger partial charge in [-0.1, -0.05) is 23.7 Å². The van der Waals surface area contributed by atoms with Gasteiger partial charge >= 0.3 is 0 Å². The molecule has 0 fully saturated rings. The first kappa shape index (κ1) is 12.7. The van der Waals surface area contributed by atoms with Crippen molar-refractivity contribution in [3.05, 3.63) is 58.6 Å². The lowest BCUT2D eigenvalue weighted by molar-refractivity contribution is 0.220. The molecule has 2 rings (SSSR count). The molecule has 1 atom stereocenters. The molecule has 0 amide bonds. The summed E-state index contributed by atoms with van der Waals surface area (Å²) in [6.07, 6.45) is -0.790. The fraction of sp³-hybridized carbons (Fsp3) is 0.143. The summed E-state index contributed by atoms with van der Waals surface area (Å²) in [6.45, 7) is 0. The van der Waals surface area contributed by atoms with Crippen LogP contribution in [0.1, 0.15) is 17.2 Å². The monoisotopic (exact) mass is 263 g/mol. The summed E-state index contributed by atoms with van der Waals surface area (Å²) in [6, 6.07) is 11.9. The Balaban J connectivity index is 2.35. The molecule has 1 unspecified atom stereocenters. The van der Waals surface area contributed by atoms with Crippen molar-refractivity contribution in [3.8, 4) is 5.75 Å². The van der Waals surface area contributed by atoms with Crippen molar-refractivity contribution in [1.82, 2.24) is 0 Å². The number of hydrogen-bond acceptors (Lipinski definition) is 3. The van der Waals surface area contributed by atoms with E-state index in [-0.39, 0.29) is 5.75 Å². The summed E-state index contributed by atoms with van der Waals surface area (Å²) >= 11 is 5.80. The van der Waals surface area contributed by atoms with Crippen LogP contribution in [0.5, 0.6) is 5.75 Å². The lowest BCUT2D eigenvalue weighted by atomic mass is 10.0. The maximum absolute atomic E-state index is 10.2. The zero-order valence-electron chi connectivity index (χ0n) is 9.89. The molecule has 0 saturated carbocycles. The molecule has 0 aromatic heterocycles. The van der Waals surface area contributed by atoms with Crippen molar-refractivity contribution in [2.24, 2.45) is 0 Å². The highest BCUT2D eigenvalue weighted by atomic mass is 35.5. The van der Waals surface area contributed by atoms with Crippen LogP contribution in [0.15, 0.2) is 42.5 Å². The summed E-state index contributed by atoms with van der Waals surface area (Å²) in [7, 11) is 1.76. The molecule has 0 aliphatic carbocycles. The number of anilines is 1. The van der Waals surface area contributed by atoms with E-state index in [0.29, 0.717) is 10.6 Å². The number of aliphatic hydroxyl groups excluding tert-OH is 1. The SMILES string of the molecule is CNc1cc(O)cc(C(O)c2ccc(Cl)cc2)c1. The Morgan fingerprint density at radius 2 is 1.72 bits per heavy atom. The van der Waals surface area contributed by atoms with Gasteiger partial charge in [-0.25, -0.2) is 0 Å². The van der Waals surface area contributed by atoms with Gasteiger partial charge in [0, 0.05) is 23.8 Å². The third-order valence-corrected chi connectivity index (χ3v) is 2.98. The van der Waals surface area contributed by atoms with Crippen LogP contribution in [-0.4, -0.2) is 17.3 Å². The van der Waals surface area contributed by atoms with Gasteiger partial charge in [-0.05, 0) is 35.4 Å². The van der Waals surface area contributed by atoms with E-state index in [4.69, 9.17) is 11.6 Å². The quantitative estimate of drug-likeness (QED) is 0.797. The molecule has 3 nitrogen and oxygen atoms in total. The van der Waals surface area contributed by atoms with Gasteiger partial charge < -0.3 is 15.5 Å². The van der Waals surface area contributed by atoms with Crippen molar-refractivity contribution >= 4 is 17.3 Å². The summed E-state index contributed by atoms with van der Waals surface area (Å²) in [5, 5.41) is 23.4. The van der Waals surface area contributed by atoms with Gasteiger partial charge in [0.2, 0.25) is 0 Å². The first-order chi connectivity index (χ1) is 8.60. The number of aromatic hydroxyl groups is 1. The third-order valence-electron chi connectivity index (χ3n) is 2.73. The number of aliphatic hydroxyl groups is 1. The third kappa shape index (κ3) is 2.75. The highest BCUT2D eigenvalue weighted by molar-refractivity contribution is 6.30. The zero-order valence-corrected chi connectivity index (χ0v) is 10.6. The second-order valence-corrected chi connectivity index (χ2v) is 4.45. The van der Waals surface area contributed by atoms with Crippen molar-refractivity contribution in [1.29, 1.82) is 0 Å². The van der Waals surface area contributed by atoms with Crippen molar-refractivity contribution in [2.75, 3.05) is 12.4 Å². The zero-order chi connectivity index (χ0) is 13.1. The molecule has 0 aliphatic rings. The Morgan fingerprint density at radius 3 is 2.33 bits per heavy atom. The van der Waals surface area contributed by atoms with Gasteiger partial charge in [-0.15, -0.1) is 0 Å². The van der Waals surface area contributed by atoms with Crippen LogP contribution in [0.3, 0.4) is 0 Å². The van der Waals surface area contributed by atoms with Crippen LogP contribution < -0.4 is 5.32 Å². The predicted molar refractivity (Wildman–Crippen MR) is 73.2 cm³/mol. The van der Waals surface area contributed by atoms with Gasteiger partial charge in [0.15, 0.2) is 0 Å². The van der Waals surface area contributed by atoms with Gasteiger partial charge in [0.05, 0.1) is 0 Å². The number of halogens is 1. The molecule has 0 spiro atoms. The van der Waals surface area contributed by atoms with E-state index in [1.54, 1.807) is 49.5 Å². The topological polar surface area (TPSA) is 52.5 Å². The van der Waals surface area contributed by atoms with E-state index in [1.165, 1.54) is 0 Å². The number of phenols is 1. The summed E-state index contributed by atoms with van der Waals surface area (Å²) in [5.41, 5.74) is 2.10. The summed E-state index contributed by atoms with van der Waals surface area (Å²) < 4.78 is 0. The molecular formula is C14H14ClNO2. The van der Waals surface area contributed by atoms with Gasteiger partial charge in [0.1, 0.15) is 11.9 Å². The Morgan fingerprint density at radius 1 is 1.06 bits per heavy atom. The lowest BCUT2D eigenvalue weighted by Gasteiger charge is -2.13. The average Bonchev–Trinajstić information content (AvgIpc) is 2.38. The fourth-order valence-corrected chi connectivity index (χ4v) is 1.90. The highest BCUT2D eigenvalue weighted by Gasteiger charge is 2.12. The molecule has 94 valence electrons. The van der Waals surface area contributed by atoms with Gasteiger partial charge in [-0.2, -0.15) is 0 Å². The van der Waals surface area contributed by atoms with Crippen LogP contribution in [0, 0.1) is 0 Å². The van der Waals surface area contributed by atoms with Gasteiger partial charge in [0.25, 0.3) is 0 Å². The molecule has 3 N–H and O–H groups in total. The number of phenolic OH excluding ortho intramolecular Hbond substituents is 1. The molecule has 2 aromatic rings.